The second kappa shape index (κ2) is 11.2. The van der Waals surface area contributed by atoms with Crippen LogP contribution in [0.3, 0.4) is 0 Å². The van der Waals surface area contributed by atoms with Crippen molar-refractivity contribution in [2.75, 3.05) is 6.61 Å². The largest absolute Gasteiger partial charge is 0.482 e. The van der Waals surface area contributed by atoms with Crippen molar-refractivity contribution in [1.82, 2.24) is 10.2 Å². The number of carbonyl (C=O) groups is 2. The summed E-state index contributed by atoms with van der Waals surface area (Å²) in [6, 6.07) is 9.90. The summed E-state index contributed by atoms with van der Waals surface area (Å²) in [6.45, 7) is 4.99. The molecule has 30 heavy (non-hydrogen) atoms. The van der Waals surface area contributed by atoms with Crippen LogP contribution in [-0.2, 0) is 16.1 Å². The van der Waals surface area contributed by atoms with E-state index in [1.54, 1.807) is 37.3 Å². The minimum atomic E-state index is -0.824. The van der Waals surface area contributed by atoms with Gasteiger partial charge in [-0.3, -0.25) is 9.59 Å². The van der Waals surface area contributed by atoms with Gasteiger partial charge in [0.2, 0.25) is 5.91 Å². The van der Waals surface area contributed by atoms with Gasteiger partial charge in [0.05, 0.1) is 5.02 Å². The lowest BCUT2D eigenvalue weighted by molar-refractivity contribution is -0.142. The third kappa shape index (κ3) is 6.61. The van der Waals surface area contributed by atoms with Gasteiger partial charge in [0.1, 0.15) is 17.6 Å². The van der Waals surface area contributed by atoms with Crippen LogP contribution in [-0.4, -0.2) is 35.4 Å². The zero-order valence-electron chi connectivity index (χ0n) is 17.1. The molecular weight excluding hydrogens is 430 g/mol. The lowest BCUT2D eigenvalue weighted by Gasteiger charge is -2.29. The zero-order valence-corrected chi connectivity index (χ0v) is 18.6. The summed E-state index contributed by atoms with van der Waals surface area (Å²) in [7, 11) is 0. The Morgan fingerprint density at radius 3 is 2.50 bits per heavy atom. The van der Waals surface area contributed by atoms with E-state index in [-0.39, 0.29) is 35.9 Å². The first kappa shape index (κ1) is 24.0. The number of hydrogen-bond acceptors (Lipinski definition) is 3. The zero-order chi connectivity index (χ0) is 22.3. The average Bonchev–Trinajstić information content (AvgIpc) is 2.71. The summed E-state index contributed by atoms with van der Waals surface area (Å²) in [5.41, 5.74) is 0.304. The lowest BCUT2D eigenvalue weighted by Crippen LogP contribution is -2.50. The van der Waals surface area contributed by atoms with Gasteiger partial charge < -0.3 is 15.0 Å². The highest BCUT2D eigenvalue weighted by Gasteiger charge is 2.28. The number of amides is 2. The highest BCUT2D eigenvalue weighted by atomic mass is 35.5. The predicted octanol–water partition coefficient (Wildman–Crippen LogP) is 4.84. The van der Waals surface area contributed by atoms with Gasteiger partial charge in [-0.15, -0.1) is 0 Å². The fourth-order valence-corrected chi connectivity index (χ4v) is 3.14. The van der Waals surface area contributed by atoms with Crippen molar-refractivity contribution in [3.63, 3.8) is 0 Å². The average molecular weight is 455 g/mol. The number of benzene rings is 2. The number of halogens is 3. The third-order valence-electron chi connectivity index (χ3n) is 4.71. The van der Waals surface area contributed by atoms with Crippen molar-refractivity contribution in [3.05, 3.63) is 63.9 Å². The van der Waals surface area contributed by atoms with Crippen LogP contribution in [0, 0.1) is 5.82 Å². The Balaban J connectivity index is 2.19. The molecule has 2 atom stereocenters. The van der Waals surface area contributed by atoms with E-state index in [2.05, 4.69) is 5.32 Å². The van der Waals surface area contributed by atoms with Gasteiger partial charge in [0.15, 0.2) is 6.61 Å². The smallest absolute Gasteiger partial charge is 0.261 e. The topological polar surface area (TPSA) is 58.6 Å². The van der Waals surface area contributed by atoms with Gasteiger partial charge in [0, 0.05) is 23.2 Å². The molecule has 0 fully saturated rings. The summed E-state index contributed by atoms with van der Waals surface area (Å²) in [5.74, 6) is -0.960. The summed E-state index contributed by atoms with van der Waals surface area (Å²) in [6.07, 6.45) is 0.748. The summed E-state index contributed by atoms with van der Waals surface area (Å²) in [4.78, 5) is 26.9. The van der Waals surface area contributed by atoms with Crippen molar-refractivity contribution >= 4 is 35.0 Å². The van der Waals surface area contributed by atoms with Crippen LogP contribution in [0.1, 0.15) is 32.8 Å². The SMILES string of the molecule is CC[C@H](C)NC(=O)[C@@H](C)N(Cc1ccccc1F)C(=O)COc1ccc(Cl)cc1Cl. The molecule has 0 unspecified atom stereocenters. The molecule has 0 aliphatic heterocycles. The second-order valence-electron chi connectivity index (χ2n) is 6.97. The maximum Gasteiger partial charge on any atom is 0.261 e. The molecule has 2 rings (SSSR count). The third-order valence-corrected chi connectivity index (χ3v) is 5.24. The minimum Gasteiger partial charge on any atom is -0.482 e. The monoisotopic (exact) mass is 454 g/mol. The van der Waals surface area contributed by atoms with E-state index in [9.17, 15) is 14.0 Å². The van der Waals surface area contributed by atoms with Crippen LogP contribution < -0.4 is 10.1 Å². The molecule has 1 N–H and O–H groups in total. The normalized spacial score (nSPS) is 12.7. The number of ether oxygens (including phenoxy) is 1. The molecule has 0 aliphatic rings. The highest BCUT2D eigenvalue weighted by molar-refractivity contribution is 6.35. The van der Waals surface area contributed by atoms with E-state index in [1.807, 2.05) is 13.8 Å². The molecule has 0 aromatic heterocycles. The molecule has 2 amide bonds. The molecule has 0 spiro atoms. The van der Waals surface area contributed by atoms with Crippen molar-refractivity contribution in [2.24, 2.45) is 0 Å². The molecule has 0 saturated carbocycles. The van der Waals surface area contributed by atoms with Crippen LogP contribution >= 0.6 is 23.2 Å². The maximum absolute atomic E-state index is 14.2. The fraction of sp³-hybridized carbons (Fsp3) is 0.364. The first-order valence-corrected chi connectivity index (χ1v) is 10.4. The van der Waals surface area contributed by atoms with Gasteiger partial charge in [-0.25, -0.2) is 4.39 Å². The van der Waals surface area contributed by atoms with E-state index in [0.717, 1.165) is 6.42 Å². The van der Waals surface area contributed by atoms with Crippen molar-refractivity contribution in [2.45, 2.75) is 45.8 Å². The molecule has 2 aromatic carbocycles. The number of nitrogens with one attached hydrogen (secondary N) is 1. The second-order valence-corrected chi connectivity index (χ2v) is 7.81. The highest BCUT2D eigenvalue weighted by Crippen LogP contribution is 2.27. The van der Waals surface area contributed by atoms with Crippen LogP contribution in [0.5, 0.6) is 5.75 Å². The van der Waals surface area contributed by atoms with Gasteiger partial charge in [-0.1, -0.05) is 48.3 Å². The lowest BCUT2D eigenvalue weighted by atomic mass is 10.1. The number of nitrogens with zero attached hydrogens (tertiary/aromatic N) is 1. The van der Waals surface area contributed by atoms with E-state index in [1.165, 1.54) is 17.0 Å². The molecular formula is C22H25Cl2FN2O3. The van der Waals surface area contributed by atoms with Crippen molar-refractivity contribution in [1.29, 1.82) is 0 Å². The molecule has 162 valence electrons. The predicted molar refractivity (Wildman–Crippen MR) is 116 cm³/mol. The quantitative estimate of drug-likeness (QED) is 0.589. The van der Waals surface area contributed by atoms with Crippen LogP contribution in [0.2, 0.25) is 10.0 Å². The van der Waals surface area contributed by atoms with E-state index >= 15 is 0 Å². The first-order chi connectivity index (χ1) is 14.2. The van der Waals surface area contributed by atoms with Gasteiger partial charge in [-0.05, 0) is 44.5 Å². The van der Waals surface area contributed by atoms with Gasteiger partial charge in [-0.2, -0.15) is 0 Å². The summed E-state index contributed by atoms with van der Waals surface area (Å²) in [5, 5.41) is 3.55. The van der Waals surface area contributed by atoms with Crippen LogP contribution in [0.15, 0.2) is 42.5 Å². The molecule has 0 saturated heterocycles. The minimum absolute atomic E-state index is 0.0468. The van der Waals surface area contributed by atoms with E-state index in [0.29, 0.717) is 10.6 Å². The number of carbonyl (C=O) groups excluding carboxylic acids is 2. The van der Waals surface area contributed by atoms with Crippen molar-refractivity contribution < 1.29 is 18.7 Å². The summed E-state index contributed by atoms with van der Waals surface area (Å²) >= 11 is 12.0. The molecule has 2 aromatic rings. The van der Waals surface area contributed by atoms with Gasteiger partial charge >= 0.3 is 0 Å². The standard InChI is InChI=1S/C22H25Cl2FN2O3/c1-4-14(2)26-22(29)15(3)27(12-16-7-5-6-8-19(16)25)21(28)13-30-20-10-9-17(23)11-18(20)24/h5-11,14-15H,4,12-13H2,1-3H3,(H,26,29)/t14-,15+/m0/s1. The molecule has 0 radical (unpaired) electrons. The van der Waals surface area contributed by atoms with Crippen molar-refractivity contribution in [3.8, 4) is 5.75 Å². The molecule has 0 bridgehead atoms. The molecule has 8 heteroatoms. The van der Waals surface area contributed by atoms with Gasteiger partial charge in [0.25, 0.3) is 5.91 Å². The van der Waals surface area contributed by atoms with Crippen LogP contribution in [0.25, 0.3) is 0 Å². The summed E-state index contributed by atoms with van der Waals surface area (Å²) < 4.78 is 19.7. The fourth-order valence-electron chi connectivity index (χ4n) is 2.67. The van der Waals surface area contributed by atoms with Crippen LogP contribution in [0.4, 0.5) is 4.39 Å². The Bertz CT molecular complexity index is 894. The van der Waals surface area contributed by atoms with E-state index in [4.69, 9.17) is 27.9 Å². The Morgan fingerprint density at radius 1 is 1.17 bits per heavy atom. The first-order valence-electron chi connectivity index (χ1n) is 9.64. The Labute approximate surface area is 186 Å². The maximum atomic E-state index is 14.2. The Hall–Kier alpha value is -2.31. The number of rotatable bonds is 9. The molecule has 5 nitrogen and oxygen atoms in total. The Kier molecular flexibility index (Phi) is 8.93. The Morgan fingerprint density at radius 2 is 1.87 bits per heavy atom. The van der Waals surface area contributed by atoms with E-state index < -0.39 is 17.8 Å². The molecule has 0 heterocycles. The molecule has 0 aliphatic carbocycles. The number of hydrogen-bond donors (Lipinski definition) is 1.